The van der Waals surface area contributed by atoms with Crippen LogP contribution in [0, 0.1) is 0 Å². The predicted octanol–water partition coefficient (Wildman–Crippen LogP) is 1.85. The fraction of sp³-hybridized carbons (Fsp3) is 0.455. The van der Waals surface area contributed by atoms with E-state index in [-0.39, 0.29) is 16.9 Å². The molecule has 96 valence electrons. The predicted molar refractivity (Wildman–Crippen MR) is 72.1 cm³/mol. The quantitative estimate of drug-likeness (QED) is 0.871. The van der Waals surface area contributed by atoms with Crippen LogP contribution in [-0.4, -0.2) is 8.42 Å². The van der Waals surface area contributed by atoms with Gasteiger partial charge in [-0.25, -0.2) is 13.6 Å². The Morgan fingerprint density at radius 3 is 2.18 bits per heavy atom. The summed E-state index contributed by atoms with van der Waals surface area (Å²) in [5.74, 6) is 0. The van der Waals surface area contributed by atoms with Gasteiger partial charge in [-0.2, -0.15) is 0 Å². The summed E-state index contributed by atoms with van der Waals surface area (Å²) >= 11 is 3.32. The molecule has 0 aromatic heterocycles. The Balaban J connectivity index is 3.65. The van der Waals surface area contributed by atoms with Crippen LogP contribution in [0.3, 0.4) is 0 Å². The van der Waals surface area contributed by atoms with Crippen molar-refractivity contribution >= 4 is 26.0 Å². The summed E-state index contributed by atoms with van der Waals surface area (Å²) < 4.78 is 23.5. The summed E-state index contributed by atoms with van der Waals surface area (Å²) in [6, 6.07) is 3.41. The highest BCUT2D eigenvalue weighted by molar-refractivity contribution is 9.10. The average Bonchev–Trinajstić information content (AvgIpc) is 2.14. The van der Waals surface area contributed by atoms with Crippen molar-refractivity contribution in [3.8, 4) is 0 Å². The molecule has 0 unspecified atom stereocenters. The van der Waals surface area contributed by atoms with Crippen LogP contribution in [-0.2, 0) is 22.0 Å². The van der Waals surface area contributed by atoms with Crippen LogP contribution >= 0.6 is 15.9 Å². The van der Waals surface area contributed by atoms with Crippen molar-refractivity contribution in [2.75, 3.05) is 0 Å². The molecule has 0 saturated heterocycles. The van der Waals surface area contributed by atoms with Crippen LogP contribution in [0.1, 0.15) is 31.9 Å². The van der Waals surface area contributed by atoms with Crippen molar-refractivity contribution in [2.45, 2.75) is 37.6 Å². The smallest absolute Gasteiger partial charge is 0.239 e. The summed E-state index contributed by atoms with van der Waals surface area (Å²) in [6.07, 6.45) is 0. The zero-order chi connectivity index (χ0) is 13.4. The number of hydrogen-bond acceptors (Lipinski definition) is 3. The minimum atomic E-state index is -3.75. The third-order valence-corrected chi connectivity index (χ3v) is 4.50. The molecule has 17 heavy (non-hydrogen) atoms. The van der Waals surface area contributed by atoms with Gasteiger partial charge in [-0.15, -0.1) is 0 Å². The van der Waals surface area contributed by atoms with Gasteiger partial charge in [0.15, 0.2) is 0 Å². The van der Waals surface area contributed by atoms with E-state index in [2.05, 4.69) is 15.9 Å². The van der Waals surface area contributed by atoms with Gasteiger partial charge < -0.3 is 5.73 Å². The maximum Gasteiger partial charge on any atom is 0.239 e. The number of nitrogens with two attached hydrogens (primary N) is 2. The van der Waals surface area contributed by atoms with Crippen molar-refractivity contribution in [3.05, 3.63) is 27.7 Å². The molecular formula is C11H17BrN2O2S. The van der Waals surface area contributed by atoms with E-state index in [9.17, 15) is 8.42 Å². The molecule has 0 aliphatic heterocycles. The number of rotatable bonds is 2. The van der Waals surface area contributed by atoms with Crippen molar-refractivity contribution < 1.29 is 8.42 Å². The Morgan fingerprint density at radius 2 is 1.82 bits per heavy atom. The number of primary sulfonamides is 1. The second kappa shape index (κ2) is 4.68. The largest absolute Gasteiger partial charge is 0.326 e. The molecule has 1 aromatic carbocycles. The molecule has 0 fully saturated rings. The van der Waals surface area contributed by atoms with Crippen molar-refractivity contribution in [1.29, 1.82) is 0 Å². The lowest BCUT2D eigenvalue weighted by Gasteiger charge is -2.23. The minimum absolute atomic E-state index is 0.0883. The molecular weight excluding hydrogens is 304 g/mol. The monoisotopic (exact) mass is 320 g/mol. The van der Waals surface area contributed by atoms with E-state index >= 15 is 0 Å². The maximum atomic E-state index is 11.5. The first-order chi connectivity index (χ1) is 7.57. The highest BCUT2D eigenvalue weighted by Crippen LogP contribution is 2.34. The normalized spacial score (nSPS) is 12.8. The van der Waals surface area contributed by atoms with Crippen LogP contribution < -0.4 is 10.9 Å². The zero-order valence-electron chi connectivity index (χ0n) is 10.1. The fourth-order valence-corrected chi connectivity index (χ4v) is 3.70. The molecule has 0 amide bonds. The lowest BCUT2D eigenvalue weighted by Crippen LogP contribution is -2.19. The summed E-state index contributed by atoms with van der Waals surface area (Å²) in [5, 5.41) is 5.19. The van der Waals surface area contributed by atoms with E-state index in [0.29, 0.717) is 4.47 Å². The molecule has 4 N–H and O–H groups in total. The Hall–Kier alpha value is -0.430. The lowest BCUT2D eigenvalue weighted by molar-refractivity contribution is 0.579. The summed E-state index contributed by atoms with van der Waals surface area (Å²) in [4.78, 5) is 0.0883. The third-order valence-electron chi connectivity index (χ3n) is 2.45. The van der Waals surface area contributed by atoms with Gasteiger partial charge in [-0.3, -0.25) is 0 Å². The molecule has 1 aromatic rings. The Labute approximate surface area is 111 Å². The van der Waals surface area contributed by atoms with Crippen LogP contribution in [0.25, 0.3) is 0 Å². The second-order valence-corrected chi connectivity index (χ2v) is 7.28. The first kappa shape index (κ1) is 14.6. The van der Waals surface area contributed by atoms with E-state index in [4.69, 9.17) is 10.9 Å². The fourth-order valence-electron chi connectivity index (χ4n) is 1.53. The zero-order valence-corrected chi connectivity index (χ0v) is 12.5. The van der Waals surface area contributed by atoms with Gasteiger partial charge in [-0.1, -0.05) is 26.8 Å². The lowest BCUT2D eigenvalue weighted by atomic mass is 9.86. The van der Waals surface area contributed by atoms with Crippen molar-refractivity contribution in [1.82, 2.24) is 0 Å². The standard InChI is InChI=1S/C11H17BrN2O2S/c1-11(2,3)8-4-7(6-13)5-9(10(8)12)17(14,15)16/h4-5H,6,13H2,1-3H3,(H2,14,15,16). The third kappa shape index (κ3) is 3.28. The average molecular weight is 321 g/mol. The van der Waals surface area contributed by atoms with E-state index in [1.807, 2.05) is 26.8 Å². The number of benzene rings is 1. The Kier molecular flexibility index (Phi) is 4.03. The van der Waals surface area contributed by atoms with Gasteiger partial charge in [0, 0.05) is 11.0 Å². The van der Waals surface area contributed by atoms with Crippen LogP contribution in [0.5, 0.6) is 0 Å². The molecule has 0 aliphatic carbocycles. The first-order valence-electron chi connectivity index (χ1n) is 5.13. The van der Waals surface area contributed by atoms with E-state index in [1.54, 1.807) is 0 Å². The van der Waals surface area contributed by atoms with Crippen LogP contribution in [0.15, 0.2) is 21.5 Å². The summed E-state index contributed by atoms with van der Waals surface area (Å²) in [5.41, 5.74) is 7.01. The molecule has 0 aliphatic rings. The highest BCUT2D eigenvalue weighted by Gasteiger charge is 2.23. The van der Waals surface area contributed by atoms with Crippen molar-refractivity contribution in [2.24, 2.45) is 10.9 Å². The molecule has 4 nitrogen and oxygen atoms in total. The van der Waals surface area contributed by atoms with Crippen molar-refractivity contribution in [3.63, 3.8) is 0 Å². The topological polar surface area (TPSA) is 86.2 Å². The molecule has 0 saturated carbocycles. The molecule has 0 heterocycles. The molecule has 0 radical (unpaired) electrons. The highest BCUT2D eigenvalue weighted by atomic mass is 79.9. The first-order valence-corrected chi connectivity index (χ1v) is 7.47. The van der Waals surface area contributed by atoms with Gasteiger partial charge in [0.25, 0.3) is 0 Å². The van der Waals surface area contributed by atoms with Crippen LogP contribution in [0.4, 0.5) is 0 Å². The number of hydrogen-bond donors (Lipinski definition) is 2. The number of halogens is 1. The van der Waals surface area contributed by atoms with E-state index in [0.717, 1.165) is 11.1 Å². The minimum Gasteiger partial charge on any atom is -0.326 e. The van der Waals surface area contributed by atoms with Crippen LogP contribution in [0.2, 0.25) is 0 Å². The van der Waals surface area contributed by atoms with Gasteiger partial charge in [0.2, 0.25) is 10.0 Å². The van der Waals surface area contributed by atoms with Gasteiger partial charge in [0.1, 0.15) is 0 Å². The SMILES string of the molecule is CC(C)(C)c1cc(CN)cc(S(N)(=O)=O)c1Br. The summed E-state index contributed by atoms with van der Waals surface area (Å²) in [6.45, 7) is 6.28. The van der Waals surface area contributed by atoms with E-state index in [1.165, 1.54) is 6.07 Å². The Morgan fingerprint density at radius 1 is 1.29 bits per heavy atom. The van der Waals surface area contributed by atoms with E-state index < -0.39 is 10.0 Å². The van der Waals surface area contributed by atoms with Gasteiger partial charge >= 0.3 is 0 Å². The molecule has 6 heteroatoms. The maximum absolute atomic E-state index is 11.5. The molecule has 0 spiro atoms. The molecule has 0 bridgehead atoms. The number of sulfonamides is 1. The van der Waals surface area contributed by atoms with Gasteiger partial charge in [0.05, 0.1) is 4.90 Å². The second-order valence-electron chi connectivity index (χ2n) is 4.95. The Bertz CT molecular complexity index is 533. The molecule has 0 atom stereocenters. The summed E-state index contributed by atoms with van der Waals surface area (Å²) in [7, 11) is -3.75. The molecule has 1 rings (SSSR count). The van der Waals surface area contributed by atoms with Gasteiger partial charge in [-0.05, 0) is 38.5 Å².